The van der Waals surface area contributed by atoms with E-state index in [0.29, 0.717) is 12.1 Å². The van der Waals surface area contributed by atoms with Crippen molar-refractivity contribution >= 4 is 23.2 Å². The second kappa shape index (κ2) is 7.97. The predicted molar refractivity (Wildman–Crippen MR) is 113 cm³/mol. The first-order valence-corrected chi connectivity index (χ1v) is 9.94. The second-order valence-corrected chi connectivity index (χ2v) is 7.64. The van der Waals surface area contributed by atoms with E-state index in [1.54, 1.807) is 6.20 Å². The van der Waals surface area contributed by atoms with Crippen LogP contribution in [0.4, 0.5) is 0 Å². The van der Waals surface area contributed by atoms with Crippen LogP contribution in [-0.4, -0.2) is 64.3 Å². The van der Waals surface area contributed by atoms with Crippen LogP contribution in [0.2, 0.25) is 0 Å². The molecule has 2 amide bonds. The van der Waals surface area contributed by atoms with Crippen molar-refractivity contribution in [2.45, 2.75) is 31.0 Å². The molecule has 4 unspecified atom stereocenters. The Morgan fingerprint density at radius 1 is 1.30 bits per heavy atom. The number of hydrogen-bond acceptors (Lipinski definition) is 6. The third-order valence-corrected chi connectivity index (χ3v) is 5.67. The smallest absolute Gasteiger partial charge is 0.239 e. The van der Waals surface area contributed by atoms with Crippen LogP contribution >= 0.6 is 0 Å². The maximum Gasteiger partial charge on any atom is 0.239 e. The molecule has 4 rings (SSSR count). The number of aliphatic hydroxyl groups excluding tert-OH is 2. The molecule has 2 aliphatic heterocycles. The van der Waals surface area contributed by atoms with Crippen LogP contribution in [-0.2, 0) is 9.59 Å². The van der Waals surface area contributed by atoms with Crippen molar-refractivity contribution < 1.29 is 19.8 Å². The van der Waals surface area contributed by atoms with E-state index in [-0.39, 0.29) is 19.1 Å². The SMILES string of the molecule is CC(O)C(CO)NC(=O)CNC(=O)C1CC=CC2=C3C=CN=C4C=CC=CC43N=C21. The molecular formula is C22H24N4O4. The number of carbonyl (C=O) groups excluding carboxylic acids is 2. The van der Waals surface area contributed by atoms with E-state index < -0.39 is 29.5 Å². The van der Waals surface area contributed by atoms with Crippen molar-refractivity contribution in [3.63, 3.8) is 0 Å². The van der Waals surface area contributed by atoms with E-state index in [0.717, 1.165) is 16.9 Å². The van der Waals surface area contributed by atoms with Gasteiger partial charge in [0.25, 0.3) is 0 Å². The van der Waals surface area contributed by atoms with Crippen LogP contribution < -0.4 is 10.6 Å². The van der Waals surface area contributed by atoms with Gasteiger partial charge in [0.05, 0.1) is 42.6 Å². The lowest BCUT2D eigenvalue weighted by atomic mass is 9.79. The largest absolute Gasteiger partial charge is 0.394 e. The fourth-order valence-electron chi connectivity index (χ4n) is 4.05. The van der Waals surface area contributed by atoms with E-state index in [9.17, 15) is 19.8 Å². The molecule has 0 saturated carbocycles. The molecule has 8 nitrogen and oxygen atoms in total. The van der Waals surface area contributed by atoms with Gasteiger partial charge in [-0.05, 0) is 31.6 Å². The predicted octanol–water partition coefficient (Wildman–Crippen LogP) is 0.121. The maximum atomic E-state index is 12.9. The van der Waals surface area contributed by atoms with Gasteiger partial charge >= 0.3 is 0 Å². The summed E-state index contributed by atoms with van der Waals surface area (Å²) in [5, 5.41) is 23.9. The average Bonchev–Trinajstić information content (AvgIpc) is 3.08. The monoisotopic (exact) mass is 408 g/mol. The fourth-order valence-corrected chi connectivity index (χ4v) is 4.05. The van der Waals surface area contributed by atoms with Crippen molar-refractivity contribution in [3.05, 3.63) is 59.9 Å². The van der Waals surface area contributed by atoms with Gasteiger partial charge in [0.15, 0.2) is 0 Å². The highest BCUT2D eigenvalue weighted by atomic mass is 16.3. The molecule has 0 saturated heterocycles. The minimum absolute atomic E-state index is 0.248. The number of aliphatic hydroxyl groups is 2. The van der Waals surface area contributed by atoms with Crippen molar-refractivity contribution in [1.82, 2.24) is 10.6 Å². The number of hydrogen-bond donors (Lipinski definition) is 4. The van der Waals surface area contributed by atoms with Crippen LogP contribution in [0.15, 0.2) is 69.9 Å². The zero-order chi connectivity index (χ0) is 21.3. The summed E-state index contributed by atoms with van der Waals surface area (Å²) in [6.07, 6.45) is 15.0. The summed E-state index contributed by atoms with van der Waals surface area (Å²) in [5.41, 5.74) is 2.74. The Kier molecular flexibility index (Phi) is 5.36. The summed E-state index contributed by atoms with van der Waals surface area (Å²) in [6, 6.07) is -0.777. The van der Waals surface area contributed by atoms with E-state index in [2.05, 4.69) is 15.6 Å². The lowest BCUT2D eigenvalue weighted by Crippen LogP contribution is -2.49. The molecule has 4 N–H and O–H groups in total. The molecule has 4 aliphatic rings. The lowest BCUT2D eigenvalue weighted by Gasteiger charge is -2.29. The minimum Gasteiger partial charge on any atom is -0.394 e. The Morgan fingerprint density at radius 2 is 2.13 bits per heavy atom. The third kappa shape index (κ3) is 3.38. The molecule has 0 aromatic heterocycles. The first-order valence-electron chi connectivity index (χ1n) is 9.94. The number of nitrogens with zero attached hydrogens (tertiary/aromatic N) is 2. The van der Waals surface area contributed by atoms with E-state index in [1.807, 2.05) is 42.5 Å². The number of nitrogens with one attached hydrogen (secondary N) is 2. The van der Waals surface area contributed by atoms with Crippen molar-refractivity contribution in [3.8, 4) is 0 Å². The number of fused-ring (bicyclic) bond motifs is 1. The van der Waals surface area contributed by atoms with Gasteiger partial charge < -0.3 is 20.8 Å². The highest BCUT2D eigenvalue weighted by Gasteiger charge is 2.46. The second-order valence-electron chi connectivity index (χ2n) is 7.64. The Balaban J connectivity index is 1.50. The molecule has 0 aromatic rings. The van der Waals surface area contributed by atoms with Crippen molar-refractivity contribution in [2.75, 3.05) is 13.2 Å². The standard InChI is InChI=1S/C22H24N4O4/c1-13(28)17(12-27)25-19(29)11-24-21(30)15-6-4-5-14-16-8-10-23-18-7-2-3-9-22(16,18)26-20(14)15/h2-5,7-10,13,15,17,27-28H,6,11-12H2,1H3,(H,24,30)(H,25,29). The van der Waals surface area contributed by atoms with Crippen molar-refractivity contribution in [2.24, 2.45) is 15.9 Å². The van der Waals surface area contributed by atoms with Crippen molar-refractivity contribution in [1.29, 1.82) is 0 Å². The minimum atomic E-state index is -0.899. The van der Waals surface area contributed by atoms with Crippen LogP contribution in [0.25, 0.3) is 0 Å². The molecule has 2 aliphatic carbocycles. The van der Waals surface area contributed by atoms with E-state index in [4.69, 9.17) is 4.99 Å². The molecule has 2 heterocycles. The topological polar surface area (TPSA) is 123 Å². The zero-order valence-electron chi connectivity index (χ0n) is 16.6. The van der Waals surface area contributed by atoms with Gasteiger partial charge in [0, 0.05) is 17.3 Å². The molecular weight excluding hydrogens is 384 g/mol. The molecule has 0 bridgehead atoms. The van der Waals surface area contributed by atoms with Crippen LogP contribution in [0.5, 0.6) is 0 Å². The first kappa shape index (κ1) is 20.2. The third-order valence-electron chi connectivity index (χ3n) is 5.67. The molecule has 1 spiro atoms. The number of aliphatic imine (C=N–C) groups is 2. The van der Waals surface area contributed by atoms with E-state index in [1.165, 1.54) is 6.92 Å². The molecule has 4 atom stereocenters. The molecule has 0 radical (unpaired) electrons. The first-order chi connectivity index (χ1) is 14.5. The average molecular weight is 408 g/mol. The molecule has 156 valence electrons. The zero-order valence-corrected chi connectivity index (χ0v) is 16.6. The quantitative estimate of drug-likeness (QED) is 0.498. The van der Waals surface area contributed by atoms with Gasteiger partial charge in [-0.3, -0.25) is 19.6 Å². The molecule has 0 aromatic carbocycles. The highest BCUT2D eigenvalue weighted by Crippen LogP contribution is 2.43. The summed E-state index contributed by atoms with van der Waals surface area (Å²) in [5.74, 6) is -1.28. The number of rotatable bonds is 6. The highest BCUT2D eigenvalue weighted by molar-refractivity contribution is 6.23. The number of carbonyl (C=O) groups is 2. The van der Waals surface area contributed by atoms with Gasteiger partial charge in [0.2, 0.25) is 11.8 Å². The Labute approximate surface area is 174 Å². The maximum absolute atomic E-state index is 12.9. The van der Waals surface area contributed by atoms with Crippen LogP contribution in [0.1, 0.15) is 13.3 Å². The number of amides is 2. The Bertz CT molecular complexity index is 983. The summed E-state index contributed by atoms with van der Waals surface area (Å²) in [6.45, 7) is 0.836. The Hall–Kier alpha value is -3.10. The summed E-state index contributed by atoms with van der Waals surface area (Å²) < 4.78 is 0. The normalized spacial score (nSPS) is 27.5. The summed E-state index contributed by atoms with van der Waals surface area (Å²) in [7, 11) is 0. The summed E-state index contributed by atoms with van der Waals surface area (Å²) >= 11 is 0. The Morgan fingerprint density at radius 3 is 2.90 bits per heavy atom. The van der Waals surface area contributed by atoms with Gasteiger partial charge in [-0.1, -0.05) is 24.3 Å². The molecule has 30 heavy (non-hydrogen) atoms. The van der Waals surface area contributed by atoms with Gasteiger partial charge in [-0.25, -0.2) is 0 Å². The van der Waals surface area contributed by atoms with Crippen LogP contribution in [0, 0.1) is 5.92 Å². The van der Waals surface area contributed by atoms with E-state index >= 15 is 0 Å². The van der Waals surface area contributed by atoms with Gasteiger partial charge in [-0.15, -0.1) is 0 Å². The van der Waals surface area contributed by atoms with Gasteiger partial charge in [-0.2, -0.15) is 0 Å². The fraction of sp³-hybridized carbons (Fsp3) is 0.364. The molecule has 8 heteroatoms. The lowest BCUT2D eigenvalue weighted by molar-refractivity contribution is -0.128. The van der Waals surface area contributed by atoms with Gasteiger partial charge in [0.1, 0.15) is 5.54 Å². The van der Waals surface area contributed by atoms with Crippen LogP contribution in [0.3, 0.4) is 0 Å². The molecule has 0 fully saturated rings. The summed E-state index contributed by atoms with van der Waals surface area (Å²) in [4.78, 5) is 34.4. The number of allylic oxidation sites excluding steroid dienone is 5.